The van der Waals surface area contributed by atoms with Crippen molar-refractivity contribution in [1.82, 2.24) is 15.5 Å². The molecule has 2 aromatic rings. The molecule has 0 spiro atoms. The van der Waals surface area contributed by atoms with E-state index in [0.717, 1.165) is 11.1 Å². The summed E-state index contributed by atoms with van der Waals surface area (Å²) in [5.41, 5.74) is 1.63. The summed E-state index contributed by atoms with van der Waals surface area (Å²) in [5.74, 6) is -0.137. The van der Waals surface area contributed by atoms with Crippen LogP contribution in [0.2, 0.25) is 5.02 Å². The van der Waals surface area contributed by atoms with Crippen molar-refractivity contribution in [2.75, 3.05) is 26.3 Å². The Bertz CT molecular complexity index is 779. The van der Waals surface area contributed by atoms with Crippen LogP contribution >= 0.6 is 11.6 Å². The van der Waals surface area contributed by atoms with Crippen LogP contribution in [-0.4, -0.2) is 43.1 Å². The second-order valence-electron chi connectivity index (χ2n) is 6.24. The number of carbonyl (C=O) groups excluding carboxylic acids is 2. The minimum atomic E-state index is -0.747. The fourth-order valence-corrected chi connectivity index (χ4v) is 3.12. The highest BCUT2D eigenvalue weighted by molar-refractivity contribution is 6.30. The first-order chi connectivity index (χ1) is 13.1. The Balaban J connectivity index is 1.67. The zero-order valence-corrected chi connectivity index (χ0v) is 15.6. The maximum absolute atomic E-state index is 13.0. The fraction of sp³-hybridized carbons (Fsp3) is 0.300. The lowest BCUT2D eigenvalue weighted by atomic mass is 10.1. The van der Waals surface area contributed by atoms with E-state index in [0.29, 0.717) is 37.9 Å². The molecule has 0 aliphatic carbocycles. The molecule has 1 aliphatic rings. The minimum absolute atomic E-state index is 0.137. The van der Waals surface area contributed by atoms with E-state index >= 15 is 0 Å². The first-order valence-corrected chi connectivity index (χ1v) is 9.21. The number of benzene rings is 2. The fourth-order valence-electron chi connectivity index (χ4n) is 2.91. The average Bonchev–Trinajstić information content (AvgIpc) is 2.71. The standard InChI is InChI=1S/C20H22ClN3O3/c21-17-8-4-5-15(13-17)14-22-20(26)23-18(16-6-2-1-3-7-16)19(25)24-9-11-27-12-10-24/h1-8,13,18H,9-12,14H2,(H2,22,23,26)/t18-/m0/s1. The Morgan fingerprint density at radius 3 is 2.52 bits per heavy atom. The summed E-state index contributed by atoms with van der Waals surface area (Å²) in [6.07, 6.45) is 0. The summed E-state index contributed by atoms with van der Waals surface area (Å²) in [7, 11) is 0. The molecule has 0 radical (unpaired) electrons. The van der Waals surface area contributed by atoms with Gasteiger partial charge in [-0.1, -0.05) is 54.1 Å². The van der Waals surface area contributed by atoms with Crippen molar-refractivity contribution in [3.63, 3.8) is 0 Å². The van der Waals surface area contributed by atoms with Crippen LogP contribution in [0, 0.1) is 0 Å². The summed E-state index contributed by atoms with van der Waals surface area (Å²) in [6, 6.07) is 15.3. The van der Waals surface area contributed by atoms with E-state index in [1.165, 1.54) is 0 Å². The van der Waals surface area contributed by atoms with Gasteiger partial charge in [0, 0.05) is 24.7 Å². The highest BCUT2D eigenvalue weighted by Gasteiger charge is 2.28. The van der Waals surface area contributed by atoms with Gasteiger partial charge in [0.15, 0.2) is 0 Å². The Kier molecular flexibility index (Phi) is 6.68. The van der Waals surface area contributed by atoms with Crippen LogP contribution in [0.25, 0.3) is 0 Å². The van der Waals surface area contributed by atoms with Crippen molar-refractivity contribution in [3.8, 4) is 0 Å². The quantitative estimate of drug-likeness (QED) is 0.828. The van der Waals surface area contributed by atoms with E-state index in [2.05, 4.69) is 10.6 Å². The lowest BCUT2D eigenvalue weighted by Crippen LogP contribution is -2.49. The Hall–Kier alpha value is -2.57. The molecule has 3 rings (SSSR count). The van der Waals surface area contributed by atoms with Gasteiger partial charge in [-0.2, -0.15) is 0 Å². The normalized spacial score (nSPS) is 15.1. The van der Waals surface area contributed by atoms with Crippen molar-refractivity contribution < 1.29 is 14.3 Å². The number of nitrogens with zero attached hydrogens (tertiary/aromatic N) is 1. The summed E-state index contributed by atoms with van der Waals surface area (Å²) in [6.45, 7) is 2.38. The number of hydrogen-bond acceptors (Lipinski definition) is 3. The van der Waals surface area contributed by atoms with Gasteiger partial charge >= 0.3 is 6.03 Å². The van der Waals surface area contributed by atoms with Gasteiger partial charge in [0.05, 0.1) is 13.2 Å². The number of halogens is 1. The van der Waals surface area contributed by atoms with Crippen molar-refractivity contribution in [2.45, 2.75) is 12.6 Å². The SMILES string of the molecule is O=C(NCc1cccc(Cl)c1)N[C@H](C(=O)N1CCOCC1)c1ccccc1. The predicted octanol–water partition coefficient (Wildman–Crippen LogP) is 2.74. The molecule has 3 amide bonds. The molecule has 1 fully saturated rings. The van der Waals surface area contributed by atoms with Gasteiger partial charge in [0.25, 0.3) is 0 Å². The van der Waals surface area contributed by atoms with Gasteiger partial charge in [-0.15, -0.1) is 0 Å². The number of amides is 3. The van der Waals surface area contributed by atoms with E-state index in [4.69, 9.17) is 16.3 Å². The third kappa shape index (κ3) is 5.45. The largest absolute Gasteiger partial charge is 0.378 e. The van der Waals surface area contributed by atoms with Gasteiger partial charge in [-0.3, -0.25) is 4.79 Å². The molecule has 0 aromatic heterocycles. The predicted molar refractivity (Wildman–Crippen MR) is 103 cm³/mol. The van der Waals surface area contributed by atoms with Crippen molar-refractivity contribution in [2.24, 2.45) is 0 Å². The molecule has 2 N–H and O–H groups in total. The van der Waals surface area contributed by atoms with E-state index in [1.54, 1.807) is 17.0 Å². The lowest BCUT2D eigenvalue weighted by Gasteiger charge is -2.31. The number of urea groups is 1. The maximum Gasteiger partial charge on any atom is 0.315 e. The molecule has 0 saturated carbocycles. The van der Waals surface area contributed by atoms with Gasteiger partial charge in [-0.25, -0.2) is 4.79 Å². The Morgan fingerprint density at radius 1 is 1.07 bits per heavy atom. The highest BCUT2D eigenvalue weighted by Crippen LogP contribution is 2.17. The van der Waals surface area contributed by atoms with Crippen molar-refractivity contribution >= 4 is 23.5 Å². The van der Waals surface area contributed by atoms with Gasteiger partial charge < -0.3 is 20.3 Å². The van der Waals surface area contributed by atoms with Crippen LogP contribution in [0.3, 0.4) is 0 Å². The van der Waals surface area contributed by atoms with Gasteiger partial charge in [-0.05, 0) is 23.3 Å². The second kappa shape index (κ2) is 9.39. The molecular weight excluding hydrogens is 366 g/mol. The minimum Gasteiger partial charge on any atom is -0.378 e. The first kappa shape index (κ1) is 19.2. The van der Waals surface area contributed by atoms with Crippen molar-refractivity contribution in [3.05, 3.63) is 70.7 Å². The highest BCUT2D eigenvalue weighted by atomic mass is 35.5. The molecule has 27 heavy (non-hydrogen) atoms. The third-order valence-electron chi connectivity index (χ3n) is 4.32. The maximum atomic E-state index is 13.0. The Morgan fingerprint density at radius 2 is 1.81 bits per heavy atom. The molecular formula is C20H22ClN3O3. The van der Waals surface area contributed by atoms with Crippen LogP contribution in [0.15, 0.2) is 54.6 Å². The van der Waals surface area contributed by atoms with Crippen LogP contribution in [0.4, 0.5) is 4.79 Å². The zero-order valence-electron chi connectivity index (χ0n) is 14.9. The average molecular weight is 388 g/mol. The lowest BCUT2D eigenvalue weighted by molar-refractivity contribution is -0.137. The molecule has 7 heteroatoms. The molecule has 0 bridgehead atoms. The summed E-state index contributed by atoms with van der Waals surface area (Å²) in [4.78, 5) is 27.1. The van der Waals surface area contributed by atoms with E-state index in [-0.39, 0.29) is 5.91 Å². The second-order valence-corrected chi connectivity index (χ2v) is 6.67. The number of rotatable bonds is 5. The summed E-state index contributed by atoms with van der Waals surface area (Å²) < 4.78 is 5.31. The van der Waals surface area contributed by atoms with Gasteiger partial charge in [0.2, 0.25) is 5.91 Å². The molecule has 2 aromatic carbocycles. The van der Waals surface area contributed by atoms with E-state index < -0.39 is 12.1 Å². The number of nitrogens with one attached hydrogen (secondary N) is 2. The topological polar surface area (TPSA) is 70.7 Å². The summed E-state index contributed by atoms with van der Waals surface area (Å²) in [5, 5.41) is 6.19. The third-order valence-corrected chi connectivity index (χ3v) is 4.56. The number of morpholine rings is 1. The number of carbonyl (C=O) groups is 2. The Labute approximate surface area is 163 Å². The number of hydrogen-bond donors (Lipinski definition) is 2. The molecule has 1 atom stereocenters. The van der Waals surface area contributed by atoms with Gasteiger partial charge in [0.1, 0.15) is 6.04 Å². The molecule has 6 nitrogen and oxygen atoms in total. The van der Waals surface area contributed by atoms with Crippen LogP contribution < -0.4 is 10.6 Å². The van der Waals surface area contributed by atoms with Crippen molar-refractivity contribution in [1.29, 1.82) is 0 Å². The monoisotopic (exact) mass is 387 g/mol. The smallest absolute Gasteiger partial charge is 0.315 e. The summed E-state index contributed by atoms with van der Waals surface area (Å²) >= 11 is 5.96. The molecule has 1 heterocycles. The molecule has 1 aliphatic heterocycles. The number of ether oxygens (including phenoxy) is 1. The van der Waals surface area contributed by atoms with Crippen LogP contribution in [-0.2, 0) is 16.1 Å². The first-order valence-electron chi connectivity index (χ1n) is 8.84. The van der Waals surface area contributed by atoms with Crippen LogP contribution in [0.1, 0.15) is 17.2 Å². The van der Waals surface area contributed by atoms with Crippen LogP contribution in [0.5, 0.6) is 0 Å². The van der Waals surface area contributed by atoms with E-state index in [9.17, 15) is 9.59 Å². The van der Waals surface area contributed by atoms with E-state index in [1.807, 2.05) is 42.5 Å². The molecule has 0 unspecified atom stereocenters. The zero-order chi connectivity index (χ0) is 19.1. The molecule has 142 valence electrons. The molecule has 1 saturated heterocycles.